The third-order valence-corrected chi connectivity index (χ3v) is 4.69. The monoisotopic (exact) mass is 442 g/mol. The Balaban J connectivity index is 2.18. The zero-order chi connectivity index (χ0) is 20.4. The summed E-state index contributed by atoms with van der Waals surface area (Å²) in [5, 5.41) is 0. The summed E-state index contributed by atoms with van der Waals surface area (Å²) in [5.41, 5.74) is -0.178. The number of hydrogen-bond donors (Lipinski definition) is 0. The number of carbonyl (C=O) groups excluding carboxylic acids is 2. The van der Waals surface area contributed by atoms with E-state index in [-0.39, 0.29) is 18.0 Å². The largest absolute Gasteiger partial charge is 0.496 e. The Kier molecular flexibility index (Phi) is 6.62. The van der Waals surface area contributed by atoms with Crippen LogP contribution in [-0.2, 0) is 4.74 Å². The molecule has 0 saturated carbocycles. The van der Waals surface area contributed by atoms with Gasteiger partial charge in [-0.05, 0) is 39.8 Å². The molecule has 1 aliphatic heterocycles. The standard InChI is InChI=1S/C19H27BrN2O5/c1-12-11-21(7-8-22(12)18(24)27-19(2,3)4)17(23)16-14(25-5)9-13(20)10-15(16)26-6/h9-10,12H,7-8,11H2,1-6H3/t12-/m0/s1. The van der Waals surface area contributed by atoms with Gasteiger partial charge in [-0.1, -0.05) is 15.9 Å². The zero-order valence-corrected chi connectivity index (χ0v) is 18.3. The number of benzene rings is 1. The van der Waals surface area contributed by atoms with Gasteiger partial charge in [0.25, 0.3) is 5.91 Å². The van der Waals surface area contributed by atoms with Gasteiger partial charge < -0.3 is 24.0 Å². The fourth-order valence-electron chi connectivity index (χ4n) is 2.98. The molecule has 8 heteroatoms. The SMILES string of the molecule is COc1cc(Br)cc(OC)c1C(=O)N1CCN(C(=O)OC(C)(C)C)[C@@H](C)C1. The van der Waals surface area contributed by atoms with Crippen molar-refractivity contribution in [3.05, 3.63) is 22.2 Å². The first-order valence-electron chi connectivity index (χ1n) is 8.77. The van der Waals surface area contributed by atoms with Crippen LogP contribution in [0.2, 0.25) is 0 Å². The van der Waals surface area contributed by atoms with Gasteiger partial charge in [0.05, 0.1) is 14.2 Å². The molecule has 0 aliphatic carbocycles. The Morgan fingerprint density at radius 2 is 1.67 bits per heavy atom. The lowest BCUT2D eigenvalue weighted by atomic mass is 10.1. The molecule has 0 bridgehead atoms. The lowest BCUT2D eigenvalue weighted by Gasteiger charge is -2.40. The van der Waals surface area contributed by atoms with Crippen molar-refractivity contribution < 1.29 is 23.8 Å². The van der Waals surface area contributed by atoms with Gasteiger partial charge in [-0.3, -0.25) is 4.79 Å². The van der Waals surface area contributed by atoms with Crippen molar-refractivity contribution in [3.8, 4) is 11.5 Å². The van der Waals surface area contributed by atoms with Crippen molar-refractivity contribution in [2.45, 2.75) is 39.3 Å². The van der Waals surface area contributed by atoms with Gasteiger partial charge in [0.15, 0.2) is 0 Å². The second-order valence-corrected chi connectivity index (χ2v) is 8.37. The van der Waals surface area contributed by atoms with Gasteiger partial charge in [0.1, 0.15) is 22.7 Å². The van der Waals surface area contributed by atoms with E-state index in [9.17, 15) is 9.59 Å². The normalized spacial score (nSPS) is 17.5. The van der Waals surface area contributed by atoms with Crippen molar-refractivity contribution >= 4 is 27.9 Å². The summed E-state index contributed by atoms with van der Waals surface area (Å²) in [6.45, 7) is 8.62. The maximum absolute atomic E-state index is 13.1. The van der Waals surface area contributed by atoms with Crippen molar-refractivity contribution in [3.63, 3.8) is 0 Å². The van der Waals surface area contributed by atoms with Crippen molar-refractivity contribution in [1.82, 2.24) is 9.80 Å². The van der Waals surface area contributed by atoms with Crippen LogP contribution in [0.1, 0.15) is 38.1 Å². The molecule has 1 heterocycles. The van der Waals surface area contributed by atoms with Crippen LogP contribution in [0.4, 0.5) is 4.79 Å². The molecule has 0 radical (unpaired) electrons. The summed E-state index contributed by atoms with van der Waals surface area (Å²) in [4.78, 5) is 28.9. The summed E-state index contributed by atoms with van der Waals surface area (Å²) < 4.78 is 17.0. The summed E-state index contributed by atoms with van der Waals surface area (Å²) >= 11 is 3.39. The number of ether oxygens (including phenoxy) is 3. The molecule has 1 saturated heterocycles. The van der Waals surface area contributed by atoms with Gasteiger partial charge in [0.2, 0.25) is 0 Å². The number of rotatable bonds is 3. The first kappa shape index (κ1) is 21.3. The molecule has 1 aliphatic rings. The first-order valence-corrected chi connectivity index (χ1v) is 9.57. The van der Waals surface area contributed by atoms with Gasteiger partial charge >= 0.3 is 6.09 Å². The van der Waals surface area contributed by atoms with Crippen molar-refractivity contribution in [2.75, 3.05) is 33.9 Å². The molecule has 2 amide bonds. The van der Waals surface area contributed by atoms with Crippen LogP contribution in [-0.4, -0.2) is 67.3 Å². The molecule has 27 heavy (non-hydrogen) atoms. The number of amides is 2. The zero-order valence-electron chi connectivity index (χ0n) is 16.7. The number of hydrogen-bond acceptors (Lipinski definition) is 5. The highest BCUT2D eigenvalue weighted by molar-refractivity contribution is 9.10. The third-order valence-electron chi connectivity index (χ3n) is 4.23. The summed E-state index contributed by atoms with van der Waals surface area (Å²) in [6.07, 6.45) is -0.360. The van der Waals surface area contributed by atoms with Crippen LogP contribution in [0, 0.1) is 0 Å². The second kappa shape index (κ2) is 8.37. The van der Waals surface area contributed by atoms with Crippen molar-refractivity contribution in [2.24, 2.45) is 0 Å². The Morgan fingerprint density at radius 3 is 2.11 bits per heavy atom. The second-order valence-electron chi connectivity index (χ2n) is 7.46. The molecule has 0 aromatic heterocycles. The molecule has 150 valence electrons. The Labute approximate surface area is 168 Å². The van der Waals surface area contributed by atoms with Gasteiger partial charge in [0, 0.05) is 30.1 Å². The predicted molar refractivity (Wildman–Crippen MR) is 106 cm³/mol. The fourth-order valence-corrected chi connectivity index (χ4v) is 3.40. The highest BCUT2D eigenvalue weighted by atomic mass is 79.9. The summed E-state index contributed by atoms with van der Waals surface area (Å²) in [5.74, 6) is 0.689. The molecule has 0 N–H and O–H groups in total. The molecule has 1 aromatic carbocycles. The minimum absolute atomic E-state index is 0.162. The number of methoxy groups -OCH3 is 2. The topological polar surface area (TPSA) is 68.3 Å². The van der Waals surface area contributed by atoms with Crippen LogP contribution in [0.3, 0.4) is 0 Å². The minimum atomic E-state index is -0.554. The van der Waals surface area contributed by atoms with E-state index < -0.39 is 5.60 Å². The molecule has 0 spiro atoms. The van der Waals surface area contributed by atoms with E-state index in [2.05, 4.69) is 15.9 Å². The quantitative estimate of drug-likeness (QED) is 0.715. The molecule has 1 atom stereocenters. The maximum atomic E-state index is 13.1. The maximum Gasteiger partial charge on any atom is 0.410 e. The Bertz CT molecular complexity index is 692. The molecule has 1 fully saturated rings. The van der Waals surface area contributed by atoms with E-state index in [0.717, 1.165) is 4.47 Å². The first-order chi connectivity index (χ1) is 12.6. The Hall–Kier alpha value is -1.96. The minimum Gasteiger partial charge on any atom is -0.496 e. The number of piperazine rings is 1. The van der Waals surface area contributed by atoms with E-state index in [1.165, 1.54) is 14.2 Å². The van der Waals surface area contributed by atoms with Gasteiger partial charge in [-0.25, -0.2) is 4.79 Å². The summed E-state index contributed by atoms with van der Waals surface area (Å²) in [7, 11) is 3.03. The summed E-state index contributed by atoms with van der Waals surface area (Å²) in [6, 6.07) is 3.30. The van der Waals surface area contributed by atoms with Gasteiger partial charge in [-0.2, -0.15) is 0 Å². The lowest BCUT2D eigenvalue weighted by Crippen LogP contribution is -2.56. The molecule has 1 aromatic rings. The molecule has 7 nitrogen and oxygen atoms in total. The smallest absolute Gasteiger partial charge is 0.410 e. The number of carbonyl (C=O) groups is 2. The van der Waals surface area contributed by atoms with Crippen LogP contribution < -0.4 is 9.47 Å². The van der Waals surface area contributed by atoms with E-state index in [1.54, 1.807) is 21.9 Å². The molecule has 0 unspecified atom stereocenters. The van der Waals surface area contributed by atoms with Crippen LogP contribution in [0.15, 0.2) is 16.6 Å². The highest BCUT2D eigenvalue weighted by Crippen LogP contribution is 2.34. The fraction of sp³-hybridized carbons (Fsp3) is 0.579. The average Bonchev–Trinajstić information content (AvgIpc) is 2.58. The predicted octanol–water partition coefficient (Wildman–Crippen LogP) is 3.55. The third kappa shape index (κ3) is 5.06. The van der Waals surface area contributed by atoms with Gasteiger partial charge in [-0.15, -0.1) is 0 Å². The average molecular weight is 443 g/mol. The molecule has 2 rings (SSSR count). The lowest BCUT2D eigenvalue weighted by molar-refractivity contribution is 0.00188. The highest BCUT2D eigenvalue weighted by Gasteiger charge is 2.34. The van der Waals surface area contributed by atoms with E-state index >= 15 is 0 Å². The Morgan fingerprint density at radius 1 is 1.11 bits per heavy atom. The molecular weight excluding hydrogens is 416 g/mol. The van der Waals surface area contributed by atoms with Crippen LogP contribution in [0.5, 0.6) is 11.5 Å². The van der Waals surface area contributed by atoms with E-state index in [4.69, 9.17) is 14.2 Å². The number of halogens is 1. The molecular formula is C19H27BrN2O5. The van der Waals surface area contributed by atoms with Crippen LogP contribution in [0.25, 0.3) is 0 Å². The van der Waals surface area contributed by atoms with Crippen LogP contribution >= 0.6 is 15.9 Å². The number of nitrogens with zero attached hydrogens (tertiary/aromatic N) is 2. The van der Waals surface area contributed by atoms with E-state index in [1.807, 2.05) is 27.7 Å². The van der Waals surface area contributed by atoms with Crippen molar-refractivity contribution in [1.29, 1.82) is 0 Å². The van der Waals surface area contributed by atoms with E-state index in [0.29, 0.717) is 36.7 Å².